The van der Waals surface area contributed by atoms with Crippen molar-refractivity contribution in [1.82, 2.24) is 15.2 Å². The van der Waals surface area contributed by atoms with Crippen molar-refractivity contribution < 1.29 is 0 Å². The highest BCUT2D eigenvalue weighted by Gasteiger charge is 2.37. The van der Waals surface area contributed by atoms with Crippen molar-refractivity contribution in [3.05, 3.63) is 11.6 Å². The molecule has 4 heteroatoms. The molecule has 0 saturated heterocycles. The Balaban J connectivity index is 1.82. The van der Waals surface area contributed by atoms with E-state index in [-0.39, 0.29) is 5.41 Å². The van der Waals surface area contributed by atoms with Gasteiger partial charge in [0.25, 0.3) is 0 Å². The molecule has 2 fully saturated rings. The van der Waals surface area contributed by atoms with Gasteiger partial charge >= 0.3 is 0 Å². The molecule has 2 aliphatic carbocycles. The zero-order valence-electron chi connectivity index (χ0n) is 11.1. The van der Waals surface area contributed by atoms with Gasteiger partial charge in [0, 0.05) is 17.9 Å². The molecule has 0 bridgehead atoms. The van der Waals surface area contributed by atoms with E-state index in [0.29, 0.717) is 12.5 Å². The van der Waals surface area contributed by atoms with Crippen molar-refractivity contribution >= 4 is 0 Å². The predicted molar refractivity (Wildman–Crippen MR) is 71.4 cm³/mol. The molecule has 1 heterocycles. The van der Waals surface area contributed by atoms with Crippen LogP contribution in [0.2, 0.25) is 0 Å². The van der Waals surface area contributed by atoms with Gasteiger partial charge in [-0.3, -0.25) is 5.10 Å². The summed E-state index contributed by atoms with van der Waals surface area (Å²) in [5.41, 5.74) is 6.10. The lowest BCUT2D eigenvalue weighted by atomic mass is 9.73. The average molecular weight is 248 g/mol. The third-order valence-electron chi connectivity index (χ3n) is 4.92. The predicted octanol–water partition coefficient (Wildman–Crippen LogP) is 2.62. The number of nitrogens with two attached hydrogens (primary N) is 1. The summed E-state index contributed by atoms with van der Waals surface area (Å²) < 4.78 is 0. The van der Waals surface area contributed by atoms with Crippen LogP contribution in [0.25, 0.3) is 0 Å². The monoisotopic (exact) mass is 248 g/mol. The van der Waals surface area contributed by atoms with E-state index in [1.165, 1.54) is 44.9 Å². The molecule has 0 atom stereocenters. The fourth-order valence-corrected chi connectivity index (χ4v) is 3.64. The Morgan fingerprint density at radius 3 is 2.50 bits per heavy atom. The minimum absolute atomic E-state index is 0.0611. The smallest absolute Gasteiger partial charge is 0.158 e. The standard InChI is InChI=1S/C14H24N4/c15-10-14(8-4-1-5-9-14)13-16-12(17-18-13)11-6-2-3-7-11/h11H,1-10,15H2,(H,16,17,18). The zero-order chi connectivity index (χ0) is 12.4. The van der Waals surface area contributed by atoms with Crippen molar-refractivity contribution in [2.75, 3.05) is 6.54 Å². The molecular weight excluding hydrogens is 224 g/mol. The normalized spacial score (nSPS) is 24.5. The van der Waals surface area contributed by atoms with E-state index in [9.17, 15) is 0 Å². The van der Waals surface area contributed by atoms with Crippen LogP contribution in [0.3, 0.4) is 0 Å². The van der Waals surface area contributed by atoms with Crippen LogP contribution in [-0.4, -0.2) is 21.7 Å². The first-order chi connectivity index (χ1) is 8.84. The molecule has 18 heavy (non-hydrogen) atoms. The van der Waals surface area contributed by atoms with E-state index in [1.807, 2.05) is 0 Å². The van der Waals surface area contributed by atoms with E-state index in [4.69, 9.17) is 10.7 Å². The van der Waals surface area contributed by atoms with Gasteiger partial charge in [-0.15, -0.1) is 0 Å². The molecule has 0 spiro atoms. The van der Waals surface area contributed by atoms with Gasteiger partial charge in [-0.05, 0) is 25.7 Å². The molecule has 0 amide bonds. The van der Waals surface area contributed by atoms with Gasteiger partial charge in [0.05, 0.1) is 0 Å². The van der Waals surface area contributed by atoms with E-state index in [2.05, 4.69) is 10.2 Å². The van der Waals surface area contributed by atoms with Crippen LogP contribution >= 0.6 is 0 Å². The fraction of sp³-hybridized carbons (Fsp3) is 0.857. The van der Waals surface area contributed by atoms with Gasteiger partial charge in [-0.1, -0.05) is 32.1 Å². The maximum absolute atomic E-state index is 6.04. The Hall–Kier alpha value is -0.900. The molecule has 0 unspecified atom stereocenters. The van der Waals surface area contributed by atoms with Crippen LogP contribution in [-0.2, 0) is 5.41 Å². The number of hydrogen-bond donors (Lipinski definition) is 2. The number of aromatic amines is 1. The number of nitrogens with one attached hydrogen (secondary N) is 1. The van der Waals surface area contributed by atoms with Crippen LogP contribution < -0.4 is 5.73 Å². The van der Waals surface area contributed by atoms with Crippen LogP contribution in [0.15, 0.2) is 0 Å². The number of rotatable bonds is 3. The van der Waals surface area contributed by atoms with Crippen molar-refractivity contribution in [3.63, 3.8) is 0 Å². The molecule has 2 aliphatic rings. The summed E-state index contributed by atoms with van der Waals surface area (Å²) in [6.07, 6.45) is 11.4. The second kappa shape index (κ2) is 5.00. The summed E-state index contributed by atoms with van der Waals surface area (Å²) in [4.78, 5) is 4.81. The zero-order valence-corrected chi connectivity index (χ0v) is 11.1. The Bertz CT molecular complexity index is 386. The minimum atomic E-state index is 0.0611. The first-order valence-corrected chi connectivity index (χ1v) is 7.47. The summed E-state index contributed by atoms with van der Waals surface area (Å²) >= 11 is 0. The number of aromatic nitrogens is 3. The third kappa shape index (κ3) is 2.07. The molecule has 3 N–H and O–H groups in total. The Morgan fingerprint density at radius 2 is 1.83 bits per heavy atom. The molecule has 0 aromatic carbocycles. The van der Waals surface area contributed by atoms with Crippen molar-refractivity contribution in [1.29, 1.82) is 0 Å². The molecule has 2 saturated carbocycles. The summed E-state index contributed by atoms with van der Waals surface area (Å²) in [6, 6.07) is 0. The Morgan fingerprint density at radius 1 is 1.11 bits per heavy atom. The van der Waals surface area contributed by atoms with Crippen LogP contribution in [0.5, 0.6) is 0 Å². The number of hydrogen-bond acceptors (Lipinski definition) is 3. The molecule has 1 aromatic heterocycles. The molecule has 4 nitrogen and oxygen atoms in total. The van der Waals surface area contributed by atoms with Crippen LogP contribution in [0, 0.1) is 0 Å². The quantitative estimate of drug-likeness (QED) is 0.864. The van der Waals surface area contributed by atoms with Gasteiger partial charge in [0.2, 0.25) is 0 Å². The molecule has 3 rings (SSSR count). The average Bonchev–Trinajstić information content (AvgIpc) is 3.10. The second-order valence-corrected chi connectivity index (χ2v) is 6.07. The summed E-state index contributed by atoms with van der Waals surface area (Å²) in [5, 5.41) is 7.70. The van der Waals surface area contributed by atoms with Gasteiger partial charge in [-0.2, -0.15) is 5.10 Å². The molecule has 100 valence electrons. The van der Waals surface area contributed by atoms with Crippen LogP contribution in [0.1, 0.15) is 75.4 Å². The van der Waals surface area contributed by atoms with Gasteiger partial charge in [0.1, 0.15) is 5.82 Å². The van der Waals surface area contributed by atoms with Gasteiger partial charge in [-0.25, -0.2) is 4.98 Å². The lowest BCUT2D eigenvalue weighted by Crippen LogP contribution is -2.38. The first kappa shape index (κ1) is 12.2. The molecule has 1 aromatic rings. The lowest BCUT2D eigenvalue weighted by Gasteiger charge is -2.33. The third-order valence-corrected chi connectivity index (χ3v) is 4.92. The Labute approximate surface area is 109 Å². The van der Waals surface area contributed by atoms with Crippen molar-refractivity contribution in [3.8, 4) is 0 Å². The fourth-order valence-electron chi connectivity index (χ4n) is 3.64. The second-order valence-electron chi connectivity index (χ2n) is 6.07. The number of nitrogens with zero attached hydrogens (tertiary/aromatic N) is 2. The highest BCUT2D eigenvalue weighted by molar-refractivity contribution is 5.12. The van der Waals surface area contributed by atoms with Gasteiger partial charge in [0.15, 0.2) is 5.82 Å². The van der Waals surface area contributed by atoms with E-state index >= 15 is 0 Å². The largest absolute Gasteiger partial charge is 0.329 e. The highest BCUT2D eigenvalue weighted by atomic mass is 15.2. The highest BCUT2D eigenvalue weighted by Crippen LogP contribution is 2.38. The van der Waals surface area contributed by atoms with E-state index < -0.39 is 0 Å². The Kier molecular flexibility index (Phi) is 3.37. The van der Waals surface area contributed by atoms with Gasteiger partial charge < -0.3 is 5.73 Å². The van der Waals surface area contributed by atoms with E-state index in [0.717, 1.165) is 24.5 Å². The summed E-state index contributed by atoms with van der Waals surface area (Å²) in [7, 11) is 0. The first-order valence-electron chi connectivity index (χ1n) is 7.47. The van der Waals surface area contributed by atoms with Crippen LogP contribution in [0.4, 0.5) is 0 Å². The van der Waals surface area contributed by atoms with Crippen molar-refractivity contribution in [2.45, 2.75) is 69.1 Å². The SMILES string of the molecule is NCC1(c2n[nH]c(C3CCCC3)n2)CCCCC1. The topological polar surface area (TPSA) is 67.6 Å². The van der Waals surface area contributed by atoms with E-state index in [1.54, 1.807) is 0 Å². The summed E-state index contributed by atoms with van der Waals surface area (Å²) in [6.45, 7) is 0.689. The summed E-state index contributed by atoms with van der Waals surface area (Å²) in [5.74, 6) is 2.72. The lowest BCUT2D eigenvalue weighted by molar-refractivity contribution is 0.286. The maximum atomic E-state index is 6.04. The molecule has 0 aliphatic heterocycles. The van der Waals surface area contributed by atoms with Crippen molar-refractivity contribution in [2.24, 2.45) is 5.73 Å². The maximum Gasteiger partial charge on any atom is 0.158 e. The molecule has 0 radical (unpaired) electrons. The molecular formula is C14H24N4. The minimum Gasteiger partial charge on any atom is -0.329 e. The number of H-pyrrole nitrogens is 1.